The van der Waals surface area contributed by atoms with Crippen molar-refractivity contribution in [3.63, 3.8) is 0 Å². The molecule has 4 nitrogen and oxygen atoms in total. The van der Waals surface area contributed by atoms with Gasteiger partial charge in [0, 0.05) is 17.3 Å². The Labute approximate surface area is 97.5 Å². The minimum absolute atomic E-state index is 0.139. The lowest BCUT2D eigenvalue weighted by atomic mass is 10.1. The molecule has 1 N–H and O–H groups in total. The number of rotatable bonds is 1. The van der Waals surface area contributed by atoms with E-state index in [1.165, 1.54) is 6.07 Å². The number of aryl methyl sites for hydroxylation is 1. The number of benzene rings is 1. The fraction of sp³-hybridized carbons (Fsp3) is 0.0769. The van der Waals surface area contributed by atoms with Crippen molar-refractivity contribution in [3.05, 3.63) is 58.5 Å². The van der Waals surface area contributed by atoms with E-state index in [1.807, 2.05) is 43.3 Å². The second kappa shape index (κ2) is 3.59. The normalized spacial score (nSPS) is 10.9. The van der Waals surface area contributed by atoms with Crippen molar-refractivity contribution in [1.82, 2.24) is 14.6 Å². The molecule has 0 bridgehead atoms. The highest BCUT2D eigenvalue weighted by atomic mass is 16.1. The standard InChI is InChI=1S/C13H11N3O/c1-9-7-11(10-5-3-2-4-6-10)16-12(14-9)8-13(17)15-16/h2-8H,1H3,(H,15,17). The Morgan fingerprint density at radius 3 is 2.71 bits per heavy atom. The van der Waals surface area contributed by atoms with Crippen LogP contribution in [0.15, 0.2) is 47.3 Å². The fourth-order valence-electron chi connectivity index (χ4n) is 1.94. The highest BCUT2D eigenvalue weighted by Crippen LogP contribution is 2.19. The van der Waals surface area contributed by atoms with Crippen LogP contribution in [0.2, 0.25) is 0 Å². The van der Waals surface area contributed by atoms with Crippen molar-refractivity contribution in [2.75, 3.05) is 0 Å². The van der Waals surface area contributed by atoms with Crippen LogP contribution < -0.4 is 5.56 Å². The zero-order valence-corrected chi connectivity index (χ0v) is 9.34. The number of aromatic amines is 1. The van der Waals surface area contributed by atoms with Gasteiger partial charge in [-0.3, -0.25) is 9.89 Å². The van der Waals surface area contributed by atoms with Gasteiger partial charge in [0.15, 0.2) is 5.65 Å². The van der Waals surface area contributed by atoms with Gasteiger partial charge >= 0.3 is 0 Å². The van der Waals surface area contributed by atoms with E-state index in [-0.39, 0.29) is 5.56 Å². The SMILES string of the molecule is Cc1cc(-c2ccccc2)n2[nH]c(=O)cc2n1. The summed E-state index contributed by atoms with van der Waals surface area (Å²) in [5, 5.41) is 2.75. The second-order valence-corrected chi connectivity index (χ2v) is 3.96. The molecular formula is C13H11N3O. The molecule has 0 aliphatic carbocycles. The molecule has 0 unspecified atom stereocenters. The summed E-state index contributed by atoms with van der Waals surface area (Å²) in [5.41, 5.74) is 3.39. The molecule has 0 fully saturated rings. The third-order valence-electron chi connectivity index (χ3n) is 2.66. The molecule has 0 aliphatic heterocycles. The van der Waals surface area contributed by atoms with E-state index in [1.54, 1.807) is 4.52 Å². The Hall–Kier alpha value is -2.36. The predicted octanol–water partition coefficient (Wildman–Crippen LogP) is 2.00. The van der Waals surface area contributed by atoms with E-state index < -0.39 is 0 Å². The fourth-order valence-corrected chi connectivity index (χ4v) is 1.94. The van der Waals surface area contributed by atoms with E-state index in [2.05, 4.69) is 10.1 Å². The number of aromatic nitrogens is 3. The molecular weight excluding hydrogens is 214 g/mol. The molecule has 0 aliphatic rings. The van der Waals surface area contributed by atoms with Gasteiger partial charge in [-0.2, -0.15) is 0 Å². The molecule has 0 atom stereocenters. The van der Waals surface area contributed by atoms with Crippen LogP contribution in [0.25, 0.3) is 16.9 Å². The highest BCUT2D eigenvalue weighted by Gasteiger charge is 2.06. The van der Waals surface area contributed by atoms with Gasteiger partial charge in [-0.05, 0) is 13.0 Å². The van der Waals surface area contributed by atoms with Crippen LogP contribution >= 0.6 is 0 Å². The van der Waals surface area contributed by atoms with E-state index >= 15 is 0 Å². The lowest BCUT2D eigenvalue weighted by Crippen LogP contribution is -2.02. The minimum atomic E-state index is -0.139. The van der Waals surface area contributed by atoms with Crippen LogP contribution in [0.1, 0.15) is 5.69 Å². The maximum absolute atomic E-state index is 11.4. The predicted molar refractivity (Wildman–Crippen MR) is 66.0 cm³/mol. The average Bonchev–Trinajstić information content (AvgIpc) is 2.69. The molecule has 0 amide bonds. The number of hydrogen-bond donors (Lipinski definition) is 1. The van der Waals surface area contributed by atoms with Gasteiger partial charge in [0.05, 0.1) is 5.69 Å². The maximum Gasteiger partial charge on any atom is 0.266 e. The number of nitrogens with zero attached hydrogens (tertiary/aromatic N) is 2. The molecule has 17 heavy (non-hydrogen) atoms. The van der Waals surface area contributed by atoms with E-state index in [0.29, 0.717) is 5.65 Å². The van der Waals surface area contributed by atoms with Crippen LogP contribution in [0, 0.1) is 6.92 Å². The molecule has 1 aromatic carbocycles. The molecule has 2 heterocycles. The molecule has 2 aromatic heterocycles. The van der Waals surface area contributed by atoms with Gasteiger partial charge in [-0.25, -0.2) is 9.50 Å². The van der Waals surface area contributed by atoms with Crippen molar-refractivity contribution in [1.29, 1.82) is 0 Å². The largest absolute Gasteiger partial charge is 0.268 e. The number of fused-ring (bicyclic) bond motifs is 1. The Morgan fingerprint density at radius 1 is 1.18 bits per heavy atom. The monoisotopic (exact) mass is 225 g/mol. The third kappa shape index (κ3) is 1.63. The molecule has 3 aromatic rings. The Kier molecular flexibility index (Phi) is 2.08. The number of H-pyrrole nitrogens is 1. The summed E-state index contributed by atoms with van der Waals surface area (Å²) < 4.78 is 1.71. The lowest BCUT2D eigenvalue weighted by molar-refractivity contribution is 0.920. The highest BCUT2D eigenvalue weighted by molar-refractivity contribution is 5.62. The van der Waals surface area contributed by atoms with Crippen molar-refractivity contribution in [2.24, 2.45) is 0 Å². The first-order valence-electron chi connectivity index (χ1n) is 5.39. The van der Waals surface area contributed by atoms with E-state index in [9.17, 15) is 4.79 Å². The quantitative estimate of drug-likeness (QED) is 0.688. The first kappa shape index (κ1) is 9.84. The van der Waals surface area contributed by atoms with Gasteiger partial charge in [0.1, 0.15) is 0 Å². The van der Waals surface area contributed by atoms with Gasteiger partial charge in [0.2, 0.25) is 0 Å². The molecule has 0 saturated carbocycles. The molecule has 84 valence electrons. The van der Waals surface area contributed by atoms with Crippen LogP contribution in [0.3, 0.4) is 0 Å². The molecule has 0 spiro atoms. The van der Waals surface area contributed by atoms with Crippen LogP contribution in [-0.4, -0.2) is 14.6 Å². The summed E-state index contributed by atoms with van der Waals surface area (Å²) in [7, 11) is 0. The van der Waals surface area contributed by atoms with Crippen molar-refractivity contribution in [3.8, 4) is 11.3 Å². The lowest BCUT2D eigenvalue weighted by Gasteiger charge is -2.06. The smallest absolute Gasteiger partial charge is 0.266 e. The summed E-state index contributed by atoms with van der Waals surface area (Å²) in [6.45, 7) is 1.92. The molecule has 0 radical (unpaired) electrons. The van der Waals surface area contributed by atoms with Crippen LogP contribution in [-0.2, 0) is 0 Å². The number of nitrogens with one attached hydrogen (secondary N) is 1. The Bertz CT molecular complexity index is 725. The topological polar surface area (TPSA) is 50.2 Å². The summed E-state index contributed by atoms with van der Waals surface area (Å²) >= 11 is 0. The van der Waals surface area contributed by atoms with E-state index in [0.717, 1.165) is 17.0 Å². The zero-order valence-electron chi connectivity index (χ0n) is 9.34. The zero-order chi connectivity index (χ0) is 11.8. The van der Waals surface area contributed by atoms with Crippen molar-refractivity contribution < 1.29 is 0 Å². The van der Waals surface area contributed by atoms with Gasteiger partial charge < -0.3 is 0 Å². The van der Waals surface area contributed by atoms with Crippen LogP contribution in [0.4, 0.5) is 0 Å². The summed E-state index contributed by atoms with van der Waals surface area (Å²) in [5.74, 6) is 0. The first-order valence-corrected chi connectivity index (χ1v) is 5.39. The van der Waals surface area contributed by atoms with Crippen molar-refractivity contribution in [2.45, 2.75) is 6.92 Å². The summed E-state index contributed by atoms with van der Waals surface area (Å²) in [6, 6.07) is 13.4. The minimum Gasteiger partial charge on any atom is -0.268 e. The summed E-state index contributed by atoms with van der Waals surface area (Å²) in [6.07, 6.45) is 0. The molecule has 0 saturated heterocycles. The van der Waals surface area contributed by atoms with Gasteiger partial charge in [-0.1, -0.05) is 30.3 Å². The average molecular weight is 225 g/mol. The third-order valence-corrected chi connectivity index (χ3v) is 2.66. The van der Waals surface area contributed by atoms with Crippen molar-refractivity contribution >= 4 is 5.65 Å². The number of hydrogen-bond acceptors (Lipinski definition) is 2. The molecule has 3 rings (SSSR count). The summed E-state index contributed by atoms with van der Waals surface area (Å²) in [4.78, 5) is 15.7. The Morgan fingerprint density at radius 2 is 1.94 bits per heavy atom. The van der Waals surface area contributed by atoms with Gasteiger partial charge in [-0.15, -0.1) is 0 Å². The maximum atomic E-state index is 11.4. The molecule has 4 heteroatoms. The second-order valence-electron chi connectivity index (χ2n) is 3.96. The Balaban J connectivity index is 2.39. The van der Waals surface area contributed by atoms with E-state index in [4.69, 9.17) is 0 Å². The van der Waals surface area contributed by atoms with Gasteiger partial charge in [0.25, 0.3) is 5.56 Å². The van der Waals surface area contributed by atoms with Crippen LogP contribution in [0.5, 0.6) is 0 Å². The first-order chi connectivity index (χ1) is 8.24.